The van der Waals surface area contributed by atoms with Crippen LogP contribution in [0.1, 0.15) is 11.1 Å². The molecular formula is C29H24N2. The first-order chi connectivity index (χ1) is 15.3. The summed E-state index contributed by atoms with van der Waals surface area (Å²) in [6, 6.07) is 30.0. The van der Waals surface area contributed by atoms with Crippen LogP contribution in [0.25, 0.3) is 27.7 Å². The average Bonchev–Trinajstić information content (AvgIpc) is 3.13. The topological polar surface area (TPSA) is 17.3 Å². The molecule has 2 heteroatoms. The Morgan fingerprint density at radius 1 is 0.710 bits per heavy atom. The lowest BCUT2D eigenvalue weighted by molar-refractivity contribution is 0.976. The molecule has 31 heavy (non-hydrogen) atoms. The van der Waals surface area contributed by atoms with Crippen LogP contribution < -0.4 is 0 Å². The number of nitrogens with zero attached hydrogens (tertiary/aromatic N) is 2. The van der Waals surface area contributed by atoms with Crippen molar-refractivity contribution in [1.82, 2.24) is 4.57 Å². The molecule has 0 unspecified atom stereocenters. The number of fused-ring (bicyclic) bond motifs is 1. The molecule has 1 aliphatic rings. The van der Waals surface area contributed by atoms with Gasteiger partial charge < -0.3 is 4.57 Å². The molecule has 0 fully saturated rings. The normalized spacial score (nSPS) is 13.1. The van der Waals surface area contributed by atoms with Gasteiger partial charge in [-0.3, -0.25) is 4.99 Å². The van der Waals surface area contributed by atoms with Crippen LogP contribution in [0.4, 0.5) is 0 Å². The van der Waals surface area contributed by atoms with E-state index in [1.165, 1.54) is 44.4 Å². The molecule has 1 aliphatic carbocycles. The highest BCUT2D eigenvalue weighted by molar-refractivity contribution is 6.09. The van der Waals surface area contributed by atoms with Crippen LogP contribution in [0.5, 0.6) is 0 Å². The predicted molar refractivity (Wildman–Crippen MR) is 132 cm³/mol. The average molecular weight is 401 g/mol. The van der Waals surface area contributed by atoms with Crippen molar-refractivity contribution in [3.05, 3.63) is 126 Å². The Morgan fingerprint density at radius 3 is 2.00 bits per heavy atom. The Bertz CT molecular complexity index is 1350. The van der Waals surface area contributed by atoms with E-state index in [-0.39, 0.29) is 0 Å². The van der Waals surface area contributed by atoms with Crippen LogP contribution in [0, 0.1) is 0 Å². The van der Waals surface area contributed by atoms with Gasteiger partial charge in [-0.05, 0) is 40.5 Å². The van der Waals surface area contributed by atoms with Crippen molar-refractivity contribution in [2.24, 2.45) is 12.0 Å². The molecule has 2 nitrogen and oxygen atoms in total. The van der Waals surface area contributed by atoms with Crippen LogP contribution in [0.3, 0.4) is 0 Å². The largest absolute Gasteiger partial charge is 0.343 e. The van der Waals surface area contributed by atoms with E-state index < -0.39 is 0 Å². The van der Waals surface area contributed by atoms with E-state index in [4.69, 9.17) is 0 Å². The minimum Gasteiger partial charge on any atom is -0.343 e. The van der Waals surface area contributed by atoms with Gasteiger partial charge in [0.2, 0.25) is 0 Å². The number of aromatic nitrogens is 1. The quantitative estimate of drug-likeness (QED) is 0.358. The number of allylic oxidation sites excluding steroid dienone is 5. The summed E-state index contributed by atoms with van der Waals surface area (Å²) >= 11 is 0. The van der Waals surface area contributed by atoms with Gasteiger partial charge >= 0.3 is 0 Å². The highest BCUT2D eigenvalue weighted by Crippen LogP contribution is 2.42. The Morgan fingerprint density at radius 2 is 1.32 bits per heavy atom. The molecule has 0 radical (unpaired) electrons. The third-order valence-corrected chi connectivity index (χ3v) is 5.88. The van der Waals surface area contributed by atoms with Crippen molar-refractivity contribution in [2.75, 3.05) is 7.05 Å². The summed E-state index contributed by atoms with van der Waals surface area (Å²) < 4.78 is 2.32. The molecular weight excluding hydrogens is 376 g/mol. The van der Waals surface area contributed by atoms with Crippen molar-refractivity contribution in [3.63, 3.8) is 0 Å². The molecule has 1 heterocycles. The second-order valence-corrected chi connectivity index (χ2v) is 7.68. The number of rotatable bonds is 3. The maximum Gasteiger partial charge on any atom is 0.0571 e. The fourth-order valence-corrected chi connectivity index (χ4v) is 4.42. The number of benzene rings is 3. The van der Waals surface area contributed by atoms with Gasteiger partial charge in [0, 0.05) is 30.6 Å². The summed E-state index contributed by atoms with van der Waals surface area (Å²) in [4.78, 5) is 4.32. The predicted octanol–water partition coefficient (Wildman–Crippen LogP) is 6.84. The van der Waals surface area contributed by atoms with E-state index in [1.54, 1.807) is 0 Å². The SMILES string of the molecule is CN=C1C=CC(=C(c2ccccc2)c2c(-c3ccccc3)n(C)c3ccccc23)C=C1. The summed E-state index contributed by atoms with van der Waals surface area (Å²) in [5, 5.41) is 1.26. The highest BCUT2D eigenvalue weighted by Gasteiger charge is 2.22. The van der Waals surface area contributed by atoms with Crippen LogP contribution in [-0.2, 0) is 7.05 Å². The summed E-state index contributed by atoms with van der Waals surface area (Å²) in [5.41, 5.74) is 9.54. The van der Waals surface area contributed by atoms with Crippen molar-refractivity contribution in [2.45, 2.75) is 0 Å². The van der Waals surface area contributed by atoms with Gasteiger partial charge in [-0.1, -0.05) is 91.0 Å². The van der Waals surface area contributed by atoms with Crippen LogP contribution in [0.2, 0.25) is 0 Å². The smallest absolute Gasteiger partial charge is 0.0571 e. The van der Waals surface area contributed by atoms with E-state index in [0.717, 1.165) is 5.71 Å². The van der Waals surface area contributed by atoms with Gasteiger partial charge in [-0.2, -0.15) is 0 Å². The number of aliphatic imine (C=N–C) groups is 1. The third kappa shape index (κ3) is 3.36. The maximum atomic E-state index is 4.32. The minimum atomic E-state index is 0.984. The second-order valence-electron chi connectivity index (χ2n) is 7.68. The molecule has 0 N–H and O–H groups in total. The standard InChI is InChI=1S/C29H24N2/c1-30-24-19-17-22(18-20-24)27(21-11-5-3-6-12-21)28-25-15-9-10-16-26(25)31(2)29(28)23-13-7-4-8-14-23/h3-20H,1-2H3. The van der Waals surface area contributed by atoms with Gasteiger partial charge in [0.05, 0.1) is 11.4 Å². The molecule has 0 bridgehead atoms. The summed E-state index contributed by atoms with van der Waals surface area (Å²) in [6.07, 6.45) is 8.54. The Balaban J connectivity index is 1.91. The molecule has 1 aromatic heterocycles. The van der Waals surface area contributed by atoms with Gasteiger partial charge in [0.1, 0.15) is 0 Å². The van der Waals surface area contributed by atoms with Crippen molar-refractivity contribution in [1.29, 1.82) is 0 Å². The highest BCUT2D eigenvalue weighted by atomic mass is 15.0. The van der Waals surface area contributed by atoms with Crippen molar-refractivity contribution < 1.29 is 0 Å². The van der Waals surface area contributed by atoms with Crippen LogP contribution >= 0.6 is 0 Å². The van der Waals surface area contributed by atoms with E-state index >= 15 is 0 Å². The number of aryl methyl sites for hydroxylation is 1. The number of hydrogen-bond acceptors (Lipinski definition) is 1. The van der Waals surface area contributed by atoms with Crippen LogP contribution in [0.15, 0.2) is 120 Å². The first-order valence-electron chi connectivity index (χ1n) is 10.5. The van der Waals surface area contributed by atoms with Gasteiger partial charge in [0.15, 0.2) is 0 Å². The molecule has 0 saturated carbocycles. The van der Waals surface area contributed by atoms with Gasteiger partial charge in [0.25, 0.3) is 0 Å². The van der Waals surface area contributed by atoms with Crippen molar-refractivity contribution in [3.8, 4) is 11.3 Å². The second kappa shape index (κ2) is 8.08. The fraction of sp³-hybridized carbons (Fsp3) is 0.0690. The molecule has 3 aromatic carbocycles. The zero-order chi connectivity index (χ0) is 21.2. The third-order valence-electron chi connectivity index (χ3n) is 5.88. The van der Waals surface area contributed by atoms with E-state index in [0.29, 0.717) is 0 Å². The van der Waals surface area contributed by atoms with E-state index in [1.807, 2.05) is 7.05 Å². The summed E-state index contributed by atoms with van der Waals surface area (Å²) in [6.45, 7) is 0. The number of para-hydroxylation sites is 1. The Kier molecular flexibility index (Phi) is 4.97. The number of hydrogen-bond donors (Lipinski definition) is 0. The fourth-order valence-electron chi connectivity index (χ4n) is 4.42. The summed E-state index contributed by atoms with van der Waals surface area (Å²) in [5.74, 6) is 0. The molecule has 4 aromatic rings. The lowest BCUT2D eigenvalue weighted by Gasteiger charge is -2.16. The Hall–Kier alpha value is -3.91. The Labute approximate surface area is 183 Å². The zero-order valence-corrected chi connectivity index (χ0v) is 17.8. The van der Waals surface area contributed by atoms with E-state index in [9.17, 15) is 0 Å². The minimum absolute atomic E-state index is 0.984. The van der Waals surface area contributed by atoms with E-state index in [2.05, 4.69) is 126 Å². The molecule has 5 rings (SSSR count). The molecule has 0 saturated heterocycles. The lowest BCUT2D eigenvalue weighted by Crippen LogP contribution is -2.00. The zero-order valence-electron chi connectivity index (χ0n) is 17.8. The van der Waals surface area contributed by atoms with Gasteiger partial charge in [-0.15, -0.1) is 0 Å². The lowest BCUT2D eigenvalue weighted by atomic mass is 9.88. The first-order valence-corrected chi connectivity index (χ1v) is 10.5. The molecule has 0 amide bonds. The molecule has 150 valence electrons. The van der Waals surface area contributed by atoms with Crippen molar-refractivity contribution >= 4 is 22.2 Å². The first kappa shape index (κ1) is 19.1. The molecule has 0 aliphatic heterocycles. The summed E-state index contributed by atoms with van der Waals surface area (Å²) in [7, 11) is 3.99. The monoisotopic (exact) mass is 400 g/mol. The van der Waals surface area contributed by atoms with Crippen LogP contribution in [-0.4, -0.2) is 17.3 Å². The maximum absolute atomic E-state index is 4.32. The molecule has 0 atom stereocenters. The molecule has 0 spiro atoms. The van der Waals surface area contributed by atoms with Gasteiger partial charge in [-0.25, -0.2) is 0 Å².